The zero-order chi connectivity index (χ0) is 11.4. The van der Waals surface area contributed by atoms with Gasteiger partial charge in [-0.3, -0.25) is 4.79 Å². The zero-order valence-electron chi connectivity index (χ0n) is 8.84. The van der Waals surface area contributed by atoms with E-state index in [1.807, 2.05) is 13.0 Å². The number of carbonyl (C=O) groups is 1. The van der Waals surface area contributed by atoms with Crippen molar-refractivity contribution in [2.24, 2.45) is 5.73 Å². The topological polar surface area (TPSA) is 52.3 Å². The molecule has 0 spiro atoms. The predicted octanol–water partition coefficient (Wildman–Crippen LogP) is 2.30. The van der Waals surface area contributed by atoms with E-state index in [2.05, 4.69) is 15.9 Å². The normalized spacial score (nSPS) is 10.1. The van der Waals surface area contributed by atoms with Gasteiger partial charge < -0.3 is 10.5 Å². The summed E-state index contributed by atoms with van der Waals surface area (Å²) in [5.74, 6) is 0.627. The summed E-state index contributed by atoms with van der Waals surface area (Å²) in [6.45, 7) is 2.24. The van der Waals surface area contributed by atoms with Crippen LogP contribution in [-0.4, -0.2) is 19.4 Å². The highest BCUT2D eigenvalue weighted by molar-refractivity contribution is 9.10. The maximum atomic E-state index is 11.8. The molecule has 3 nitrogen and oxygen atoms in total. The van der Waals surface area contributed by atoms with Crippen molar-refractivity contribution in [2.45, 2.75) is 13.3 Å². The van der Waals surface area contributed by atoms with Crippen LogP contribution in [0, 0.1) is 6.92 Å². The standard InChI is InChI=1S/C11H14BrNO2/c1-7-8(12)3-4-10(15-2)11(7)9(14)5-6-13/h3-4H,5-6,13H2,1-2H3. The van der Waals surface area contributed by atoms with E-state index in [-0.39, 0.29) is 5.78 Å². The molecule has 0 heterocycles. The lowest BCUT2D eigenvalue weighted by Crippen LogP contribution is -2.11. The molecule has 4 heteroatoms. The molecule has 0 fully saturated rings. The Morgan fingerprint density at radius 3 is 2.73 bits per heavy atom. The monoisotopic (exact) mass is 271 g/mol. The number of hydrogen-bond donors (Lipinski definition) is 1. The first-order valence-electron chi connectivity index (χ1n) is 4.68. The number of nitrogens with two attached hydrogens (primary N) is 1. The molecule has 1 aromatic carbocycles. The third kappa shape index (κ3) is 2.58. The minimum atomic E-state index is 0.0214. The van der Waals surface area contributed by atoms with Gasteiger partial charge in [0.05, 0.1) is 12.7 Å². The highest BCUT2D eigenvalue weighted by Gasteiger charge is 2.16. The molecule has 0 radical (unpaired) electrons. The number of halogens is 1. The van der Waals surface area contributed by atoms with Gasteiger partial charge in [0.15, 0.2) is 5.78 Å². The van der Waals surface area contributed by atoms with Crippen LogP contribution in [0.3, 0.4) is 0 Å². The first-order valence-corrected chi connectivity index (χ1v) is 5.47. The Morgan fingerprint density at radius 2 is 2.20 bits per heavy atom. The second-order valence-corrected chi connectivity index (χ2v) is 4.07. The predicted molar refractivity (Wildman–Crippen MR) is 63.4 cm³/mol. The molecule has 0 aromatic heterocycles. The van der Waals surface area contributed by atoms with E-state index in [9.17, 15) is 4.79 Å². The minimum absolute atomic E-state index is 0.0214. The van der Waals surface area contributed by atoms with Crippen molar-refractivity contribution in [3.63, 3.8) is 0 Å². The Bertz CT molecular complexity index is 377. The zero-order valence-corrected chi connectivity index (χ0v) is 10.4. The second-order valence-electron chi connectivity index (χ2n) is 3.21. The molecule has 82 valence electrons. The van der Waals surface area contributed by atoms with Crippen LogP contribution in [0.15, 0.2) is 16.6 Å². The first-order chi connectivity index (χ1) is 7.11. The molecule has 0 aliphatic carbocycles. The number of carbonyl (C=O) groups excluding carboxylic acids is 1. The van der Waals surface area contributed by atoms with Gasteiger partial charge in [-0.05, 0) is 31.2 Å². The molecule has 0 aliphatic rings. The molecular weight excluding hydrogens is 258 g/mol. The fourth-order valence-corrected chi connectivity index (χ4v) is 1.76. The lowest BCUT2D eigenvalue weighted by Gasteiger charge is -2.11. The SMILES string of the molecule is COc1ccc(Br)c(C)c1C(=O)CCN. The average Bonchev–Trinajstić information content (AvgIpc) is 2.22. The molecule has 0 amide bonds. The summed E-state index contributed by atoms with van der Waals surface area (Å²) in [5, 5.41) is 0. The Morgan fingerprint density at radius 1 is 1.53 bits per heavy atom. The van der Waals surface area contributed by atoms with Gasteiger partial charge in [0, 0.05) is 10.9 Å². The summed E-state index contributed by atoms with van der Waals surface area (Å²) >= 11 is 3.39. The number of ether oxygens (including phenoxy) is 1. The average molecular weight is 272 g/mol. The molecule has 15 heavy (non-hydrogen) atoms. The van der Waals surface area contributed by atoms with Crippen molar-refractivity contribution >= 4 is 21.7 Å². The van der Waals surface area contributed by atoms with Crippen LogP contribution in [0.1, 0.15) is 22.3 Å². The van der Waals surface area contributed by atoms with Gasteiger partial charge >= 0.3 is 0 Å². The van der Waals surface area contributed by atoms with Gasteiger partial charge in [0.25, 0.3) is 0 Å². The lowest BCUT2D eigenvalue weighted by atomic mass is 10.0. The molecule has 0 atom stereocenters. The van der Waals surface area contributed by atoms with Gasteiger partial charge in [-0.15, -0.1) is 0 Å². The number of methoxy groups -OCH3 is 1. The summed E-state index contributed by atoms with van der Waals surface area (Å²) in [6, 6.07) is 3.65. The fraction of sp³-hybridized carbons (Fsp3) is 0.364. The third-order valence-electron chi connectivity index (χ3n) is 2.23. The van der Waals surface area contributed by atoms with E-state index in [0.29, 0.717) is 24.3 Å². The molecule has 2 N–H and O–H groups in total. The second kappa shape index (κ2) is 5.28. The molecule has 0 saturated carbocycles. The van der Waals surface area contributed by atoms with Crippen molar-refractivity contribution < 1.29 is 9.53 Å². The van der Waals surface area contributed by atoms with E-state index in [0.717, 1.165) is 10.0 Å². The van der Waals surface area contributed by atoms with Crippen LogP contribution >= 0.6 is 15.9 Å². The summed E-state index contributed by atoms with van der Waals surface area (Å²) in [4.78, 5) is 11.8. The molecule has 1 aromatic rings. The summed E-state index contributed by atoms with van der Waals surface area (Å²) in [5.41, 5.74) is 6.89. The molecule has 0 saturated heterocycles. The quantitative estimate of drug-likeness (QED) is 0.855. The highest BCUT2D eigenvalue weighted by atomic mass is 79.9. The Kier molecular flexibility index (Phi) is 4.29. The first kappa shape index (κ1) is 12.2. The van der Waals surface area contributed by atoms with Crippen molar-refractivity contribution in [2.75, 3.05) is 13.7 Å². The molecule has 0 aliphatic heterocycles. The van der Waals surface area contributed by atoms with Gasteiger partial charge in [-0.1, -0.05) is 15.9 Å². The molecule has 0 bridgehead atoms. The van der Waals surface area contributed by atoms with Gasteiger partial charge in [-0.25, -0.2) is 0 Å². The summed E-state index contributed by atoms with van der Waals surface area (Å²) in [6.07, 6.45) is 0.341. The minimum Gasteiger partial charge on any atom is -0.496 e. The number of ketones is 1. The van der Waals surface area contributed by atoms with E-state index in [4.69, 9.17) is 10.5 Å². The van der Waals surface area contributed by atoms with Gasteiger partial charge in [0.1, 0.15) is 5.75 Å². The van der Waals surface area contributed by atoms with Crippen LogP contribution in [0.25, 0.3) is 0 Å². The maximum Gasteiger partial charge on any atom is 0.168 e. The summed E-state index contributed by atoms with van der Waals surface area (Å²) in [7, 11) is 1.56. The largest absolute Gasteiger partial charge is 0.496 e. The highest BCUT2D eigenvalue weighted by Crippen LogP contribution is 2.29. The lowest BCUT2D eigenvalue weighted by molar-refractivity contribution is 0.0982. The van der Waals surface area contributed by atoms with Gasteiger partial charge in [0.2, 0.25) is 0 Å². The van der Waals surface area contributed by atoms with Crippen LogP contribution in [-0.2, 0) is 0 Å². The van der Waals surface area contributed by atoms with E-state index >= 15 is 0 Å². The van der Waals surface area contributed by atoms with Crippen LogP contribution in [0.5, 0.6) is 5.75 Å². The van der Waals surface area contributed by atoms with E-state index in [1.54, 1.807) is 13.2 Å². The van der Waals surface area contributed by atoms with Crippen LogP contribution in [0.4, 0.5) is 0 Å². The van der Waals surface area contributed by atoms with Crippen LogP contribution in [0.2, 0.25) is 0 Å². The maximum absolute atomic E-state index is 11.8. The Hall–Kier alpha value is -0.870. The molecular formula is C11H14BrNO2. The van der Waals surface area contributed by atoms with Crippen molar-refractivity contribution in [3.8, 4) is 5.75 Å². The van der Waals surface area contributed by atoms with E-state index < -0.39 is 0 Å². The van der Waals surface area contributed by atoms with Crippen molar-refractivity contribution in [1.29, 1.82) is 0 Å². The van der Waals surface area contributed by atoms with Crippen molar-refractivity contribution in [1.82, 2.24) is 0 Å². The third-order valence-corrected chi connectivity index (χ3v) is 3.09. The van der Waals surface area contributed by atoms with Crippen molar-refractivity contribution in [3.05, 3.63) is 27.7 Å². The Labute approximate surface area is 97.7 Å². The number of hydrogen-bond acceptors (Lipinski definition) is 3. The molecule has 1 rings (SSSR count). The van der Waals surface area contributed by atoms with Crippen LogP contribution < -0.4 is 10.5 Å². The van der Waals surface area contributed by atoms with Gasteiger partial charge in [-0.2, -0.15) is 0 Å². The molecule has 0 unspecified atom stereocenters. The fourth-order valence-electron chi connectivity index (χ4n) is 1.43. The number of rotatable bonds is 4. The van der Waals surface area contributed by atoms with E-state index in [1.165, 1.54) is 0 Å². The number of Topliss-reactive ketones (excluding diaryl/α,β-unsaturated/α-hetero) is 1. The summed E-state index contributed by atoms with van der Waals surface area (Å²) < 4.78 is 6.07. The Balaban J connectivity index is 3.23. The number of benzene rings is 1. The smallest absolute Gasteiger partial charge is 0.168 e.